The van der Waals surface area contributed by atoms with Gasteiger partial charge in [-0.3, -0.25) is 4.79 Å². The molecule has 0 spiro atoms. The summed E-state index contributed by atoms with van der Waals surface area (Å²) in [6.07, 6.45) is 1.96. The van der Waals surface area contributed by atoms with Crippen LogP contribution in [0.4, 0.5) is 0 Å². The normalized spacial score (nSPS) is 15.8. The second kappa shape index (κ2) is 6.76. The van der Waals surface area contributed by atoms with Crippen molar-refractivity contribution in [3.63, 3.8) is 0 Å². The first kappa shape index (κ1) is 15.4. The summed E-state index contributed by atoms with van der Waals surface area (Å²) in [6, 6.07) is 14.7. The van der Waals surface area contributed by atoms with Gasteiger partial charge in [0.15, 0.2) is 0 Å². The van der Waals surface area contributed by atoms with E-state index in [0.29, 0.717) is 5.92 Å². The number of carbonyl (C=O) groups excluding carboxylic acids is 1. The Kier molecular flexibility index (Phi) is 4.74. The molecule has 2 aromatic rings. The minimum Gasteiger partial charge on any atom is -0.356 e. The van der Waals surface area contributed by atoms with Crippen molar-refractivity contribution in [2.75, 3.05) is 6.54 Å². The van der Waals surface area contributed by atoms with E-state index in [2.05, 4.69) is 41.7 Å². The fourth-order valence-corrected chi connectivity index (χ4v) is 4.26. The summed E-state index contributed by atoms with van der Waals surface area (Å²) in [5.41, 5.74) is 2.67. The van der Waals surface area contributed by atoms with E-state index in [1.165, 1.54) is 20.9 Å². The molecule has 1 aliphatic rings. The van der Waals surface area contributed by atoms with Gasteiger partial charge in [0.1, 0.15) is 0 Å². The van der Waals surface area contributed by atoms with E-state index in [-0.39, 0.29) is 5.91 Å². The second-order valence-corrected chi connectivity index (χ2v) is 7.02. The Labute approximate surface area is 140 Å². The first-order chi connectivity index (χ1) is 10.6. The van der Waals surface area contributed by atoms with Crippen molar-refractivity contribution in [2.45, 2.75) is 35.5 Å². The van der Waals surface area contributed by atoms with Crippen LogP contribution in [0.25, 0.3) is 0 Å². The van der Waals surface area contributed by atoms with E-state index in [9.17, 15) is 4.79 Å². The molecule has 0 aromatic heterocycles. The second-order valence-electron chi connectivity index (χ2n) is 5.50. The number of amides is 1. The van der Waals surface area contributed by atoms with Crippen LogP contribution in [0.1, 0.15) is 36.8 Å². The van der Waals surface area contributed by atoms with E-state index in [1.807, 2.05) is 17.8 Å². The van der Waals surface area contributed by atoms with Crippen molar-refractivity contribution in [3.05, 3.63) is 58.6 Å². The number of fused-ring (bicyclic) bond motifs is 2. The zero-order chi connectivity index (χ0) is 15.5. The zero-order valence-electron chi connectivity index (χ0n) is 12.4. The van der Waals surface area contributed by atoms with Gasteiger partial charge in [0.2, 0.25) is 5.91 Å². The predicted octanol–water partition coefficient (Wildman–Crippen LogP) is 4.85. The SMILES string of the molecule is CC(=O)NCCCC1c2ccccc2Sc2ccc(Cl)cc21. The average Bonchev–Trinajstić information content (AvgIpc) is 2.50. The number of hydrogen-bond donors (Lipinski definition) is 1. The molecule has 0 aliphatic carbocycles. The Morgan fingerprint density at radius 1 is 1.18 bits per heavy atom. The predicted molar refractivity (Wildman–Crippen MR) is 91.8 cm³/mol. The van der Waals surface area contributed by atoms with Gasteiger partial charge in [-0.05, 0) is 48.2 Å². The van der Waals surface area contributed by atoms with Gasteiger partial charge in [-0.2, -0.15) is 0 Å². The molecule has 22 heavy (non-hydrogen) atoms. The van der Waals surface area contributed by atoms with E-state index in [4.69, 9.17) is 11.6 Å². The lowest BCUT2D eigenvalue weighted by molar-refractivity contribution is -0.118. The van der Waals surface area contributed by atoms with Crippen LogP contribution in [0.2, 0.25) is 5.02 Å². The van der Waals surface area contributed by atoms with Crippen molar-refractivity contribution in [1.82, 2.24) is 5.32 Å². The van der Waals surface area contributed by atoms with Crippen LogP contribution < -0.4 is 5.32 Å². The molecule has 1 amide bonds. The molecule has 0 bridgehead atoms. The molecule has 0 fully saturated rings. The zero-order valence-corrected chi connectivity index (χ0v) is 14.0. The highest BCUT2D eigenvalue weighted by Gasteiger charge is 2.25. The molecule has 0 saturated heterocycles. The number of hydrogen-bond acceptors (Lipinski definition) is 2. The molecule has 0 saturated carbocycles. The summed E-state index contributed by atoms with van der Waals surface area (Å²) < 4.78 is 0. The highest BCUT2D eigenvalue weighted by molar-refractivity contribution is 7.99. The van der Waals surface area contributed by atoms with Crippen LogP contribution in [0.5, 0.6) is 0 Å². The Hall–Kier alpha value is -1.45. The van der Waals surface area contributed by atoms with Crippen molar-refractivity contribution >= 4 is 29.3 Å². The largest absolute Gasteiger partial charge is 0.356 e. The van der Waals surface area contributed by atoms with Gasteiger partial charge in [0.25, 0.3) is 0 Å². The van der Waals surface area contributed by atoms with Crippen molar-refractivity contribution < 1.29 is 4.79 Å². The van der Waals surface area contributed by atoms with Crippen LogP contribution in [0, 0.1) is 0 Å². The summed E-state index contributed by atoms with van der Waals surface area (Å²) in [5.74, 6) is 0.378. The number of nitrogens with one attached hydrogen (secondary N) is 1. The van der Waals surface area contributed by atoms with Gasteiger partial charge in [-0.25, -0.2) is 0 Å². The summed E-state index contributed by atoms with van der Waals surface area (Å²) in [7, 11) is 0. The third-order valence-corrected chi connectivity index (χ3v) is 5.32. The molecule has 1 unspecified atom stereocenters. The Morgan fingerprint density at radius 3 is 2.77 bits per heavy atom. The maximum absolute atomic E-state index is 11.0. The highest BCUT2D eigenvalue weighted by atomic mass is 35.5. The lowest BCUT2D eigenvalue weighted by Gasteiger charge is -2.28. The van der Waals surface area contributed by atoms with Gasteiger partial charge in [0, 0.05) is 34.2 Å². The fourth-order valence-electron chi connectivity index (χ4n) is 2.91. The first-order valence-electron chi connectivity index (χ1n) is 7.46. The lowest BCUT2D eigenvalue weighted by Crippen LogP contribution is -2.21. The molecule has 1 atom stereocenters. The van der Waals surface area contributed by atoms with Crippen molar-refractivity contribution in [2.24, 2.45) is 0 Å². The van der Waals surface area contributed by atoms with Gasteiger partial charge in [-0.15, -0.1) is 0 Å². The smallest absolute Gasteiger partial charge is 0.216 e. The number of halogens is 1. The van der Waals surface area contributed by atoms with E-state index in [1.54, 1.807) is 6.92 Å². The lowest BCUT2D eigenvalue weighted by atomic mass is 9.87. The maximum Gasteiger partial charge on any atom is 0.216 e. The van der Waals surface area contributed by atoms with Gasteiger partial charge in [0.05, 0.1) is 0 Å². The molecule has 114 valence electrons. The molecule has 3 rings (SSSR count). The van der Waals surface area contributed by atoms with Gasteiger partial charge >= 0.3 is 0 Å². The van der Waals surface area contributed by atoms with Crippen LogP contribution in [-0.4, -0.2) is 12.5 Å². The first-order valence-corrected chi connectivity index (χ1v) is 8.65. The van der Waals surface area contributed by atoms with Crippen LogP contribution in [0.15, 0.2) is 52.3 Å². The Morgan fingerprint density at radius 2 is 1.95 bits per heavy atom. The summed E-state index contributed by atoms with van der Waals surface area (Å²) in [4.78, 5) is 13.6. The van der Waals surface area contributed by atoms with Gasteiger partial charge < -0.3 is 5.32 Å². The molecular weight excluding hydrogens is 314 g/mol. The Balaban J connectivity index is 1.87. The number of benzene rings is 2. The minimum absolute atomic E-state index is 0.0306. The molecule has 1 heterocycles. The quantitative estimate of drug-likeness (QED) is 0.811. The molecule has 1 aliphatic heterocycles. The molecule has 0 radical (unpaired) electrons. The average molecular weight is 332 g/mol. The standard InChI is InChI=1S/C18H18ClNOS/c1-12(21)20-10-4-6-14-15-5-2-3-7-17(15)22-18-9-8-13(19)11-16(14)18/h2-3,5,7-9,11,14H,4,6,10H2,1H3,(H,20,21). The third kappa shape index (κ3) is 3.31. The fraction of sp³-hybridized carbons (Fsp3) is 0.278. The minimum atomic E-state index is 0.0306. The molecule has 1 N–H and O–H groups in total. The highest BCUT2D eigenvalue weighted by Crippen LogP contribution is 2.47. The summed E-state index contributed by atoms with van der Waals surface area (Å²) >= 11 is 8.02. The molecular formula is C18H18ClNOS. The van der Waals surface area contributed by atoms with Crippen molar-refractivity contribution in [3.8, 4) is 0 Å². The van der Waals surface area contributed by atoms with E-state index < -0.39 is 0 Å². The number of carbonyl (C=O) groups is 1. The third-order valence-electron chi connectivity index (χ3n) is 3.91. The molecule has 2 aromatic carbocycles. The Bertz CT molecular complexity index is 701. The van der Waals surface area contributed by atoms with Crippen molar-refractivity contribution in [1.29, 1.82) is 0 Å². The molecule has 4 heteroatoms. The van der Waals surface area contributed by atoms with Crippen LogP contribution >= 0.6 is 23.4 Å². The summed E-state index contributed by atoms with van der Waals surface area (Å²) in [5, 5.41) is 3.66. The monoisotopic (exact) mass is 331 g/mol. The van der Waals surface area contributed by atoms with Crippen LogP contribution in [-0.2, 0) is 4.79 Å². The molecule has 2 nitrogen and oxygen atoms in total. The van der Waals surface area contributed by atoms with E-state index in [0.717, 1.165) is 24.4 Å². The summed E-state index contributed by atoms with van der Waals surface area (Å²) in [6.45, 7) is 2.28. The van der Waals surface area contributed by atoms with Gasteiger partial charge in [-0.1, -0.05) is 41.6 Å². The maximum atomic E-state index is 11.0. The number of rotatable bonds is 4. The topological polar surface area (TPSA) is 29.1 Å². The van der Waals surface area contributed by atoms with E-state index >= 15 is 0 Å². The van der Waals surface area contributed by atoms with Crippen LogP contribution in [0.3, 0.4) is 0 Å².